The van der Waals surface area contributed by atoms with Crippen LogP contribution in [-0.4, -0.2) is 43.8 Å². The average Bonchev–Trinajstić information content (AvgIpc) is 3.26. The fourth-order valence-corrected chi connectivity index (χ4v) is 4.24. The lowest BCUT2D eigenvalue weighted by molar-refractivity contribution is 0.298. The second-order valence-electron chi connectivity index (χ2n) is 6.55. The maximum Gasteiger partial charge on any atom is 0.119 e. The van der Waals surface area contributed by atoms with Crippen molar-refractivity contribution < 1.29 is 9.13 Å². The average molecular weight is 360 g/mol. The standard InChI is InChI=1S/C20H25FN2OS/c1-14(20-22-8-11-25-20)19-15(6-9-23(2)10-7-21)12-16-13-17(24-3)4-5-18(16)19/h4-5,8,11,13-14H,6-7,9-10,12H2,1-3H3. The number of hydrogen-bond donors (Lipinski definition) is 0. The summed E-state index contributed by atoms with van der Waals surface area (Å²) >= 11 is 1.70. The number of thiazole rings is 1. The predicted octanol–water partition coefficient (Wildman–Crippen LogP) is 4.56. The summed E-state index contributed by atoms with van der Waals surface area (Å²) in [5.74, 6) is 1.17. The van der Waals surface area contributed by atoms with Crippen LogP contribution >= 0.6 is 11.3 Å². The summed E-state index contributed by atoms with van der Waals surface area (Å²) in [7, 11) is 3.69. The molecule has 5 heteroatoms. The molecule has 0 radical (unpaired) electrons. The van der Waals surface area contributed by atoms with E-state index in [4.69, 9.17) is 4.74 Å². The largest absolute Gasteiger partial charge is 0.497 e. The molecule has 1 aliphatic rings. The van der Waals surface area contributed by atoms with Crippen molar-refractivity contribution in [3.8, 4) is 5.75 Å². The first kappa shape index (κ1) is 18.1. The van der Waals surface area contributed by atoms with Crippen LogP contribution in [0.15, 0.2) is 35.3 Å². The van der Waals surface area contributed by atoms with Gasteiger partial charge in [0.15, 0.2) is 0 Å². The molecule has 0 saturated carbocycles. The highest BCUT2D eigenvalue weighted by molar-refractivity contribution is 7.09. The van der Waals surface area contributed by atoms with Gasteiger partial charge in [-0.1, -0.05) is 18.6 Å². The topological polar surface area (TPSA) is 25.4 Å². The number of allylic oxidation sites excluding steroid dienone is 1. The van der Waals surface area contributed by atoms with Gasteiger partial charge in [-0.15, -0.1) is 11.3 Å². The van der Waals surface area contributed by atoms with Gasteiger partial charge in [0.2, 0.25) is 0 Å². The maximum absolute atomic E-state index is 12.6. The number of fused-ring (bicyclic) bond motifs is 1. The Kier molecular flexibility index (Phi) is 5.86. The summed E-state index contributed by atoms with van der Waals surface area (Å²) in [6.45, 7) is 3.30. The number of hydrogen-bond acceptors (Lipinski definition) is 4. The normalized spacial score (nSPS) is 14.9. The van der Waals surface area contributed by atoms with Crippen molar-refractivity contribution in [2.75, 3.05) is 33.9 Å². The molecule has 0 amide bonds. The Hall–Kier alpha value is -1.72. The first-order valence-corrected chi connectivity index (χ1v) is 9.55. The molecule has 1 aromatic heterocycles. The van der Waals surface area contributed by atoms with E-state index in [0.717, 1.165) is 30.1 Å². The molecule has 1 atom stereocenters. The zero-order valence-electron chi connectivity index (χ0n) is 15.1. The van der Waals surface area contributed by atoms with Gasteiger partial charge in [0.1, 0.15) is 12.4 Å². The van der Waals surface area contributed by atoms with Crippen molar-refractivity contribution in [1.82, 2.24) is 9.88 Å². The van der Waals surface area contributed by atoms with Gasteiger partial charge in [0.05, 0.1) is 12.1 Å². The zero-order valence-corrected chi connectivity index (χ0v) is 15.9. The molecule has 3 rings (SSSR count). The Bertz CT molecular complexity index is 742. The smallest absolute Gasteiger partial charge is 0.119 e. The van der Waals surface area contributed by atoms with Crippen molar-refractivity contribution >= 4 is 16.9 Å². The van der Waals surface area contributed by atoms with Gasteiger partial charge < -0.3 is 9.64 Å². The molecule has 0 N–H and O–H groups in total. The van der Waals surface area contributed by atoms with E-state index in [-0.39, 0.29) is 12.6 Å². The lowest BCUT2D eigenvalue weighted by atomic mass is 9.92. The SMILES string of the molecule is COc1ccc2c(c1)CC(CCN(C)CCF)=C2C(C)c1nccs1. The number of halogens is 1. The van der Waals surface area contributed by atoms with Crippen molar-refractivity contribution in [3.05, 3.63) is 51.5 Å². The fraction of sp³-hybridized carbons (Fsp3) is 0.450. The van der Waals surface area contributed by atoms with Crippen LogP contribution in [-0.2, 0) is 6.42 Å². The third kappa shape index (κ3) is 3.93. The Labute approximate surface area is 153 Å². The first-order chi connectivity index (χ1) is 12.1. The van der Waals surface area contributed by atoms with E-state index in [1.54, 1.807) is 18.4 Å². The monoisotopic (exact) mass is 360 g/mol. The first-order valence-electron chi connectivity index (χ1n) is 8.67. The van der Waals surface area contributed by atoms with Crippen LogP contribution in [0, 0.1) is 0 Å². The summed E-state index contributed by atoms with van der Waals surface area (Å²) in [4.78, 5) is 6.58. The van der Waals surface area contributed by atoms with Crippen molar-refractivity contribution in [2.24, 2.45) is 0 Å². The molecule has 1 aromatic carbocycles. The number of ether oxygens (including phenoxy) is 1. The molecule has 1 heterocycles. The second kappa shape index (κ2) is 8.11. The van der Waals surface area contributed by atoms with Crippen molar-refractivity contribution in [1.29, 1.82) is 0 Å². The maximum atomic E-state index is 12.6. The van der Waals surface area contributed by atoms with Crippen LogP contribution < -0.4 is 4.74 Å². The molecule has 3 nitrogen and oxygen atoms in total. The number of rotatable bonds is 8. The van der Waals surface area contributed by atoms with Crippen LogP contribution in [0.2, 0.25) is 0 Å². The fourth-order valence-electron chi connectivity index (χ4n) is 3.54. The van der Waals surface area contributed by atoms with E-state index in [0.29, 0.717) is 6.54 Å². The molecule has 134 valence electrons. The van der Waals surface area contributed by atoms with E-state index in [2.05, 4.69) is 28.9 Å². The molecule has 0 fully saturated rings. The number of methoxy groups -OCH3 is 1. The van der Waals surface area contributed by atoms with Crippen molar-refractivity contribution in [3.63, 3.8) is 0 Å². The van der Waals surface area contributed by atoms with Crippen LogP contribution in [0.4, 0.5) is 4.39 Å². The minimum Gasteiger partial charge on any atom is -0.497 e. The van der Waals surface area contributed by atoms with E-state index < -0.39 is 0 Å². The second-order valence-corrected chi connectivity index (χ2v) is 7.48. The van der Waals surface area contributed by atoms with Crippen LogP contribution in [0.5, 0.6) is 5.75 Å². The molecular formula is C20H25FN2OS. The summed E-state index contributed by atoms with van der Waals surface area (Å²) < 4.78 is 18.0. The Morgan fingerprint density at radius 3 is 2.88 bits per heavy atom. The third-order valence-corrected chi connectivity index (χ3v) is 5.86. The van der Waals surface area contributed by atoms with E-state index >= 15 is 0 Å². The summed E-state index contributed by atoms with van der Waals surface area (Å²) in [5, 5.41) is 3.18. The van der Waals surface area contributed by atoms with E-state index in [1.165, 1.54) is 22.3 Å². The molecule has 0 bridgehead atoms. The number of alkyl halides is 1. The molecule has 0 saturated heterocycles. The van der Waals surface area contributed by atoms with Gasteiger partial charge in [0, 0.05) is 30.6 Å². The van der Waals surface area contributed by atoms with Crippen LogP contribution in [0.3, 0.4) is 0 Å². The van der Waals surface area contributed by atoms with Gasteiger partial charge in [-0.05, 0) is 48.7 Å². The molecule has 2 aromatic rings. The highest BCUT2D eigenvalue weighted by Gasteiger charge is 2.27. The van der Waals surface area contributed by atoms with Gasteiger partial charge >= 0.3 is 0 Å². The van der Waals surface area contributed by atoms with Crippen LogP contribution in [0.1, 0.15) is 35.4 Å². The molecule has 0 spiro atoms. The molecule has 25 heavy (non-hydrogen) atoms. The molecule has 1 unspecified atom stereocenters. The van der Waals surface area contributed by atoms with Crippen molar-refractivity contribution in [2.45, 2.75) is 25.7 Å². The minimum atomic E-state index is -0.296. The third-order valence-electron chi connectivity index (χ3n) is 4.90. The highest BCUT2D eigenvalue weighted by Crippen LogP contribution is 2.44. The number of nitrogens with zero attached hydrogens (tertiary/aromatic N) is 2. The lowest BCUT2D eigenvalue weighted by Gasteiger charge is -2.18. The van der Waals surface area contributed by atoms with E-state index in [9.17, 15) is 4.39 Å². The molecule has 0 aliphatic heterocycles. The number of aromatic nitrogens is 1. The Morgan fingerprint density at radius 2 is 2.20 bits per heavy atom. The lowest BCUT2D eigenvalue weighted by Crippen LogP contribution is -2.22. The highest BCUT2D eigenvalue weighted by atomic mass is 32.1. The Morgan fingerprint density at radius 1 is 1.36 bits per heavy atom. The summed E-state index contributed by atoms with van der Waals surface area (Å²) in [5.41, 5.74) is 5.46. The zero-order chi connectivity index (χ0) is 17.8. The quantitative estimate of drug-likeness (QED) is 0.690. The van der Waals surface area contributed by atoms with Gasteiger partial charge in [-0.2, -0.15) is 0 Å². The van der Waals surface area contributed by atoms with Gasteiger partial charge in [-0.25, -0.2) is 9.37 Å². The van der Waals surface area contributed by atoms with Gasteiger partial charge in [-0.3, -0.25) is 0 Å². The molecule has 1 aliphatic carbocycles. The van der Waals surface area contributed by atoms with Crippen LogP contribution in [0.25, 0.3) is 5.57 Å². The number of benzene rings is 1. The summed E-state index contributed by atoms with van der Waals surface area (Å²) in [6, 6.07) is 6.35. The summed E-state index contributed by atoms with van der Waals surface area (Å²) in [6.07, 6.45) is 3.77. The molecular weight excluding hydrogens is 335 g/mol. The van der Waals surface area contributed by atoms with Gasteiger partial charge in [0.25, 0.3) is 0 Å². The van der Waals surface area contributed by atoms with E-state index in [1.807, 2.05) is 24.7 Å². The predicted molar refractivity (Wildman–Crippen MR) is 102 cm³/mol. The Balaban J connectivity index is 1.91. The minimum absolute atomic E-state index is 0.274.